The fourth-order valence-electron chi connectivity index (χ4n) is 2.85. The van der Waals surface area contributed by atoms with Crippen molar-refractivity contribution < 1.29 is 28.0 Å². The van der Waals surface area contributed by atoms with Crippen LogP contribution < -0.4 is 0 Å². The van der Waals surface area contributed by atoms with Gasteiger partial charge in [-0.25, -0.2) is 0 Å². The molecule has 0 bridgehead atoms. The summed E-state index contributed by atoms with van der Waals surface area (Å²) in [5.74, 6) is -0.672. The van der Waals surface area contributed by atoms with Gasteiger partial charge in [0.1, 0.15) is 0 Å². The number of nitro benzene ring substituents is 1. The SMILES string of the molecule is O=C(C(SCc1ccc(Br)cc1)=C(I)c1ccc([N+](=O)[O-])c(O)c1)c1ccc(C(F)(F)F)cc1. The molecule has 3 aromatic rings. The number of nitrogens with zero attached hydrogens (tertiary/aromatic N) is 1. The molecule has 0 aliphatic rings. The lowest BCUT2D eigenvalue weighted by atomic mass is 10.1. The molecule has 0 heterocycles. The summed E-state index contributed by atoms with van der Waals surface area (Å²) in [4.78, 5) is 23.8. The summed E-state index contributed by atoms with van der Waals surface area (Å²) >= 11 is 6.43. The van der Waals surface area contributed by atoms with Gasteiger partial charge in [0.2, 0.25) is 0 Å². The largest absolute Gasteiger partial charge is 0.502 e. The molecule has 0 radical (unpaired) electrons. The van der Waals surface area contributed by atoms with Crippen molar-refractivity contribution in [3.05, 3.63) is 108 Å². The van der Waals surface area contributed by atoms with E-state index in [1.54, 1.807) is 0 Å². The van der Waals surface area contributed by atoms with Crippen LogP contribution in [0.5, 0.6) is 5.75 Å². The number of thioether (sulfide) groups is 1. The molecule has 0 saturated heterocycles. The molecule has 0 aliphatic carbocycles. The van der Waals surface area contributed by atoms with Crippen molar-refractivity contribution in [1.29, 1.82) is 0 Å². The monoisotopic (exact) mass is 663 g/mol. The molecule has 0 aromatic heterocycles. The number of aromatic hydroxyl groups is 1. The van der Waals surface area contributed by atoms with Crippen molar-refractivity contribution in [3.63, 3.8) is 0 Å². The predicted octanol–water partition coefficient (Wildman–Crippen LogP) is 8.00. The van der Waals surface area contributed by atoms with Gasteiger partial charge in [-0.2, -0.15) is 13.2 Å². The topological polar surface area (TPSA) is 80.4 Å². The average molecular weight is 664 g/mol. The molecule has 3 aromatic carbocycles. The van der Waals surface area contributed by atoms with Gasteiger partial charge in [-0.15, -0.1) is 11.8 Å². The molecule has 5 nitrogen and oxygen atoms in total. The van der Waals surface area contributed by atoms with Gasteiger partial charge in [0.15, 0.2) is 11.5 Å². The Morgan fingerprint density at radius 2 is 1.62 bits per heavy atom. The van der Waals surface area contributed by atoms with Crippen LogP contribution in [0.3, 0.4) is 0 Å². The summed E-state index contributed by atoms with van der Waals surface area (Å²) in [5.41, 5.74) is -0.0197. The second-order valence-electron chi connectivity index (χ2n) is 6.92. The Bertz CT molecular complexity index is 1260. The third kappa shape index (κ3) is 6.39. The summed E-state index contributed by atoms with van der Waals surface area (Å²) in [5, 5.41) is 21.0. The van der Waals surface area contributed by atoms with E-state index in [-0.39, 0.29) is 10.5 Å². The molecule has 0 fully saturated rings. The van der Waals surface area contributed by atoms with E-state index in [0.29, 0.717) is 14.9 Å². The first-order valence-electron chi connectivity index (χ1n) is 9.44. The van der Waals surface area contributed by atoms with Crippen molar-refractivity contribution in [2.45, 2.75) is 11.9 Å². The molecule has 0 atom stereocenters. The zero-order chi connectivity index (χ0) is 25.0. The van der Waals surface area contributed by atoms with Crippen LogP contribution in [0.1, 0.15) is 27.0 Å². The van der Waals surface area contributed by atoms with Crippen molar-refractivity contribution in [3.8, 4) is 5.75 Å². The highest BCUT2D eigenvalue weighted by atomic mass is 127. The van der Waals surface area contributed by atoms with E-state index < -0.39 is 33.9 Å². The molecule has 0 amide bonds. The Morgan fingerprint density at radius 1 is 1.03 bits per heavy atom. The Hall–Kier alpha value is -2.38. The first kappa shape index (κ1) is 26.2. The first-order valence-corrected chi connectivity index (χ1v) is 12.3. The number of benzene rings is 3. The van der Waals surface area contributed by atoms with Gasteiger partial charge in [-0.3, -0.25) is 14.9 Å². The highest BCUT2D eigenvalue weighted by Gasteiger charge is 2.30. The highest BCUT2D eigenvalue weighted by molar-refractivity contribution is 14.1. The fourth-order valence-corrected chi connectivity index (χ4v) is 5.16. The highest BCUT2D eigenvalue weighted by Crippen LogP contribution is 2.39. The van der Waals surface area contributed by atoms with Crippen LogP contribution in [0.4, 0.5) is 18.9 Å². The van der Waals surface area contributed by atoms with Gasteiger partial charge >= 0.3 is 11.9 Å². The van der Waals surface area contributed by atoms with E-state index in [1.807, 2.05) is 46.9 Å². The summed E-state index contributed by atoms with van der Waals surface area (Å²) < 4.78 is 40.0. The standard InChI is InChI=1S/C23H14BrF3INO4S/c24-17-8-1-13(2-9-17)12-34-22(20(28)15-5-10-18(29(32)33)19(30)11-15)21(31)14-3-6-16(7-4-14)23(25,26)27/h1-11,30H,12H2. The number of nitro groups is 1. The number of Topliss-reactive ketones (excluding diaryl/α,β-unsaturated/α-hetero) is 1. The molecule has 3 rings (SSSR count). The van der Waals surface area contributed by atoms with Crippen molar-refractivity contribution in [2.75, 3.05) is 0 Å². The minimum atomic E-state index is -4.53. The van der Waals surface area contributed by atoms with Crippen molar-refractivity contribution in [2.24, 2.45) is 0 Å². The number of phenols is 1. The number of alkyl halides is 3. The number of phenolic OH excluding ortho intramolecular Hbond substituents is 1. The van der Waals surface area contributed by atoms with E-state index in [9.17, 15) is 33.2 Å². The normalized spacial score (nSPS) is 12.3. The average Bonchev–Trinajstić information content (AvgIpc) is 2.79. The maximum atomic E-state index is 13.3. The lowest BCUT2D eigenvalue weighted by Crippen LogP contribution is -2.07. The second kappa shape index (κ2) is 10.9. The second-order valence-corrected chi connectivity index (χ2v) is 9.90. The zero-order valence-electron chi connectivity index (χ0n) is 17.0. The number of halogens is 5. The molecular formula is C23H14BrF3INO4S. The van der Waals surface area contributed by atoms with E-state index in [0.717, 1.165) is 40.4 Å². The summed E-state index contributed by atoms with van der Waals surface area (Å²) in [6, 6.07) is 15.0. The molecule has 0 aliphatic heterocycles. The van der Waals surface area contributed by atoms with Crippen LogP contribution in [0.2, 0.25) is 0 Å². The van der Waals surface area contributed by atoms with Crippen LogP contribution in [0, 0.1) is 10.1 Å². The van der Waals surface area contributed by atoms with E-state index in [1.165, 1.54) is 23.9 Å². The lowest BCUT2D eigenvalue weighted by Gasteiger charge is -2.12. The van der Waals surface area contributed by atoms with E-state index in [4.69, 9.17) is 0 Å². The van der Waals surface area contributed by atoms with Crippen LogP contribution in [-0.4, -0.2) is 15.8 Å². The fraction of sp³-hybridized carbons (Fsp3) is 0.0870. The first-order chi connectivity index (χ1) is 16.0. The van der Waals surface area contributed by atoms with Gasteiger partial charge in [-0.1, -0.05) is 40.2 Å². The van der Waals surface area contributed by atoms with Gasteiger partial charge in [-0.05, 0) is 70.1 Å². The van der Waals surface area contributed by atoms with Gasteiger partial charge in [0.25, 0.3) is 0 Å². The van der Waals surface area contributed by atoms with Crippen LogP contribution in [0.25, 0.3) is 3.58 Å². The van der Waals surface area contributed by atoms with Crippen molar-refractivity contribution in [1.82, 2.24) is 0 Å². The third-order valence-corrected chi connectivity index (χ3v) is 7.81. The van der Waals surface area contributed by atoms with E-state index >= 15 is 0 Å². The summed E-state index contributed by atoms with van der Waals surface area (Å²) in [6.07, 6.45) is -4.53. The van der Waals surface area contributed by atoms with Crippen LogP contribution in [-0.2, 0) is 11.9 Å². The maximum absolute atomic E-state index is 13.3. The number of hydrogen-bond acceptors (Lipinski definition) is 5. The Morgan fingerprint density at radius 3 is 2.15 bits per heavy atom. The molecule has 11 heteroatoms. The molecule has 0 unspecified atom stereocenters. The molecule has 34 heavy (non-hydrogen) atoms. The number of hydrogen-bond donors (Lipinski definition) is 1. The molecule has 0 saturated carbocycles. The number of allylic oxidation sites excluding steroid dienone is 1. The molecule has 1 N–H and O–H groups in total. The molecule has 0 spiro atoms. The van der Waals surface area contributed by atoms with Crippen molar-refractivity contribution >= 4 is 65.3 Å². The minimum Gasteiger partial charge on any atom is -0.502 e. The van der Waals surface area contributed by atoms with Crippen LogP contribution >= 0.6 is 50.3 Å². The summed E-state index contributed by atoms with van der Waals surface area (Å²) in [6.45, 7) is 0. The number of rotatable bonds is 7. The van der Waals surface area contributed by atoms with Crippen LogP contribution in [0.15, 0.2) is 76.1 Å². The lowest BCUT2D eigenvalue weighted by molar-refractivity contribution is -0.385. The Labute approximate surface area is 218 Å². The summed E-state index contributed by atoms with van der Waals surface area (Å²) in [7, 11) is 0. The quantitative estimate of drug-likeness (QED) is 0.0911. The Balaban J connectivity index is 2.02. The van der Waals surface area contributed by atoms with E-state index in [2.05, 4.69) is 15.9 Å². The number of ketones is 1. The molecule has 176 valence electrons. The third-order valence-electron chi connectivity index (χ3n) is 4.60. The maximum Gasteiger partial charge on any atom is 0.416 e. The van der Waals surface area contributed by atoms with Gasteiger partial charge in [0.05, 0.1) is 15.4 Å². The minimum absolute atomic E-state index is 0.0617. The van der Waals surface area contributed by atoms with Gasteiger partial charge in [0, 0.05) is 25.4 Å². The zero-order valence-corrected chi connectivity index (χ0v) is 21.5. The van der Waals surface area contributed by atoms with Gasteiger partial charge < -0.3 is 5.11 Å². The number of carbonyl (C=O) groups excluding carboxylic acids is 1. The molecular weight excluding hydrogens is 650 g/mol. The Kier molecular flexibility index (Phi) is 8.42. The predicted molar refractivity (Wildman–Crippen MR) is 137 cm³/mol. The number of carbonyl (C=O) groups is 1. The smallest absolute Gasteiger partial charge is 0.416 e.